The number of hydrogen-bond acceptors (Lipinski definition) is 4. The molecule has 0 atom stereocenters. The van der Waals surface area contributed by atoms with E-state index in [-0.39, 0.29) is 0 Å². The summed E-state index contributed by atoms with van der Waals surface area (Å²) >= 11 is 5.60. The number of morpholine rings is 1. The quantitative estimate of drug-likeness (QED) is 0.640. The van der Waals surface area contributed by atoms with Crippen LogP contribution in [0.2, 0.25) is 0 Å². The van der Waals surface area contributed by atoms with E-state index in [1.54, 1.807) is 0 Å². The Hall–Kier alpha value is -2.17. The van der Waals surface area contributed by atoms with Crippen molar-refractivity contribution in [2.24, 2.45) is 0 Å². The summed E-state index contributed by atoms with van der Waals surface area (Å²) in [5.41, 5.74) is 3.06. The van der Waals surface area contributed by atoms with Gasteiger partial charge in [0.15, 0.2) is 5.88 Å². The van der Waals surface area contributed by atoms with Crippen LogP contribution >= 0.6 is 12.2 Å². The molecule has 0 N–H and O–H groups in total. The van der Waals surface area contributed by atoms with Crippen LogP contribution in [0.1, 0.15) is 0 Å². The Morgan fingerprint density at radius 1 is 0.913 bits per heavy atom. The maximum atomic E-state index is 6.27. The zero-order valence-electron chi connectivity index (χ0n) is 12.7. The highest BCUT2D eigenvalue weighted by Crippen LogP contribution is 2.32. The molecule has 3 nitrogen and oxygen atoms in total. The molecule has 4 rings (SSSR count). The van der Waals surface area contributed by atoms with E-state index in [4.69, 9.17) is 21.4 Å². The van der Waals surface area contributed by atoms with Gasteiger partial charge in [-0.25, -0.2) is 0 Å². The van der Waals surface area contributed by atoms with Crippen LogP contribution in [-0.2, 0) is 4.74 Å². The van der Waals surface area contributed by atoms with E-state index in [1.165, 1.54) is 0 Å². The van der Waals surface area contributed by atoms with Crippen molar-refractivity contribution >= 4 is 29.1 Å². The molecule has 3 aromatic rings. The fraction of sp³-hybridized carbons (Fsp3) is 0.211. The Kier molecular flexibility index (Phi) is 3.85. The third kappa shape index (κ3) is 2.76. The van der Waals surface area contributed by atoms with Gasteiger partial charge in [-0.3, -0.25) is 0 Å². The lowest BCUT2D eigenvalue weighted by atomic mass is 10.0. The fourth-order valence-corrected chi connectivity index (χ4v) is 3.21. The molecule has 2 heterocycles. The number of rotatable bonds is 2. The van der Waals surface area contributed by atoms with Crippen LogP contribution in [0.3, 0.4) is 0 Å². The number of benzene rings is 2. The number of ether oxygens (including phenoxy) is 1. The average Bonchev–Trinajstić information content (AvgIpc) is 2.63. The maximum Gasteiger partial charge on any atom is 0.197 e. The zero-order valence-corrected chi connectivity index (χ0v) is 13.5. The van der Waals surface area contributed by atoms with Crippen molar-refractivity contribution in [3.05, 3.63) is 59.1 Å². The largest absolute Gasteiger partial charge is 0.440 e. The van der Waals surface area contributed by atoms with Gasteiger partial charge in [-0.1, -0.05) is 54.7 Å². The van der Waals surface area contributed by atoms with Crippen LogP contribution in [0.25, 0.3) is 22.1 Å². The minimum Gasteiger partial charge on any atom is -0.440 e. The Bertz CT molecular complexity index is 883. The first-order valence-electron chi connectivity index (χ1n) is 7.78. The molecule has 1 aliphatic heterocycles. The summed E-state index contributed by atoms with van der Waals surface area (Å²) in [6.07, 6.45) is 0. The SMILES string of the molecule is S=c1cc(N2CCOCC2)oc2c(-c3ccccc3)cccc12. The van der Waals surface area contributed by atoms with E-state index < -0.39 is 0 Å². The van der Waals surface area contributed by atoms with Gasteiger partial charge in [-0.05, 0) is 11.6 Å². The van der Waals surface area contributed by atoms with Crippen LogP contribution in [0.4, 0.5) is 5.88 Å². The lowest BCUT2D eigenvalue weighted by Crippen LogP contribution is -2.36. The molecular weight excluding hydrogens is 306 g/mol. The fourth-order valence-electron chi connectivity index (χ4n) is 2.95. The second kappa shape index (κ2) is 6.14. The zero-order chi connectivity index (χ0) is 15.6. The summed E-state index contributed by atoms with van der Waals surface area (Å²) in [5, 5.41) is 0.985. The molecule has 0 radical (unpaired) electrons. The number of nitrogens with zero attached hydrogens (tertiary/aromatic N) is 1. The summed E-state index contributed by atoms with van der Waals surface area (Å²) in [5.74, 6) is 0.828. The van der Waals surface area contributed by atoms with E-state index in [9.17, 15) is 0 Å². The Labute approximate surface area is 140 Å². The lowest BCUT2D eigenvalue weighted by molar-refractivity contribution is 0.121. The Balaban J connectivity index is 1.91. The third-order valence-electron chi connectivity index (χ3n) is 4.15. The van der Waals surface area contributed by atoms with Crippen molar-refractivity contribution in [3.63, 3.8) is 0 Å². The minimum atomic E-state index is 0.723. The summed E-state index contributed by atoms with van der Waals surface area (Å²) in [6, 6.07) is 18.4. The molecule has 1 aromatic heterocycles. The molecule has 0 aliphatic carbocycles. The predicted molar refractivity (Wildman–Crippen MR) is 95.5 cm³/mol. The van der Waals surface area contributed by atoms with Gasteiger partial charge in [-0.15, -0.1) is 0 Å². The Morgan fingerprint density at radius 3 is 2.48 bits per heavy atom. The van der Waals surface area contributed by atoms with Gasteiger partial charge in [0.05, 0.1) is 17.7 Å². The molecule has 0 saturated carbocycles. The first-order valence-corrected chi connectivity index (χ1v) is 8.19. The van der Waals surface area contributed by atoms with Gasteiger partial charge < -0.3 is 14.1 Å². The van der Waals surface area contributed by atoms with Crippen molar-refractivity contribution in [2.75, 3.05) is 31.2 Å². The molecule has 2 aromatic carbocycles. The van der Waals surface area contributed by atoms with Gasteiger partial charge in [0.25, 0.3) is 0 Å². The smallest absolute Gasteiger partial charge is 0.197 e. The molecule has 23 heavy (non-hydrogen) atoms. The standard InChI is InChI=1S/C19H17NO2S/c23-17-13-18(20-9-11-21-12-10-20)22-19-15(7-4-8-16(17)19)14-5-2-1-3-6-14/h1-8,13H,9-12H2. The van der Waals surface area contributed by atoms with Gasteiger partial charge in [0.1, 0.15) is 5.58 Å². The van der Waals surface area contributed by atoms with Gasteiger partial charge in [-0.2, -0.15) is 0 Å². The first-order chi connectivity index (χ1) is 11.3. The van der Waals surface area contributed by atoms with Crippen molar-refractivity contribution < 1.29 is 9.15 Å². The molecular formula is C19H17NO2S. The van der Waals surface area contributed by atoms with Crippen LogP contribution in [0.15, 0.2) is 59.0 Å². The number of hydrogen-bond donors (Lipinski definition) is 0. The van der Waals surface area contributed by atoms with Gasteiger partial charge in [0.2, 0.25) is 0 Å². The molecule has 4 heteroatoms. The highest BCUT2D eigenvalue weighted by atomic mass is 32.1. The monoisotopic (exact) mass is 323 g/mol. The molecule has 1 aliphatic rings. The molecule has 1 fully saturated rings. The predicted octanol–water partition coefficient (Wildman–Crippen LogP) is 4.67. The van der Waals surface area contributed by atoms with E-state index in [0.29, 0.717) is 0 Å². The summed E-state index contributed by atoms with van der Waals surface area (Å²) in [6.45, 7) is 3.11. The van der Waals surface area contributed by atoms with Gasteiger partial charge in [0, 0.05) is 30.1 Å². The normalized spacial score (nSPS) is 15.0. The second-order valence-electron chi connectivity index (χ2n) is 5.60. The van der Waals surface area contributed by atoms with Crippen molar-refractivity contribution in [3.8, 4) is 11.1 Å². The molecule has 0 spiro atoms. The molecule has 0 amide bonds. The summed E-state index contributed by atoms with van der Waals surface area (Å²) < 4.78 is 12.5. The second-order valence-corrected chi connectivity index (χ2v) is 6.04. The molecule has 0 bridgehead atoms. The van der Waals surface area contributed by atoms with E-state index in [1.807, 2.05) is 36.4 Å². The average molecular weight is 323 g/mol. The first kappa shape index (κ1) is 14.4. The van der Waals surface area contributed by atoms with Crippen LogP contribution in [0, 0.1) is 4.51 Å². The molecule has 116 valence electrons. The highest BCUT2D eigenvalue weighted by molar-refractivity contribution is 7.71. The maximum absolute atomic E-state index is 6.27. The van der Waals surface area contributed by atoms with E-state index in [2.05, 4.69) is 23.1 Å². The van der Waals surface area contributed by atoms with Crippen LogP contribution < -0.4 is 4.90 Å². The van der Waals surface area contributed by atoms with Crippen molar-refractivity contribution in [1.29, 1.82) is 0 Å². The summed E-state index contributed by atoms with van der Waals surface area (Å²) in [7, 11) is 0. The molecule has 1 saturated heterocycles. The Morgan fingerprint density at radius 2 is 1.70 bits per heavy atom. The molecule has 0 unspecified atom stereocenters. The van der Waals surface area contributed by atoms with E-state index >= 15 is 0 Å². The topological polar surface area (TPSA) is 25.6 Å². The lowest BCUT2D eigenvalue weighted by Gasteiger charge is -2.27. The highest BCUT2D eigenvalue weighted by Gasteiger charge is 2.16. The summed E-state index contributed by atoms with van der Waals surface area (Å²) in [4.78, 5) is 2.19. The van der Waals surface area contributed by atoms with Crippen LogP contribution in [-0.4, -0.2) is 26.3 Å². The minimum absolute atomic E-state index is 0.723. The van der Waals surface area contributed by atoms with Crippen LogP contribution in [0.5, 0.6) is 0 Å². The number of anilines is 1. The van der Waals surface area contributed by atoms with E-state index in [0.717, 1.165) is 58.8 Å². The van der Waals surface area contributed by atoms with Crippen molar-refractivity contribution in [1.82, 2.24) is 0 Å². The van der Waals surface area contributed by atoms with Crippen molar-refractivity contribution in [2.45, 2.75) is 0 Å². The number of para-hydroxylation sites is 1. The third-order valence-corrected chi connectivity index (χ3v) is 4.49. The van der Waals surface area contributed by atoms with Gasteiger partial charge >= 0.3 is 0 Å². The number of fused-ring (bicyclic) bond motifs is 1.